The maximum absolute atomic E-state index is 8.90. The maximum Gasteiger partial charge on any atom is 0.244 e. The van der Waals surface area contributed by atoms with Gasteiger partial charge in [-0.15, -0.1) is 11.3 Å². The van der Waals surface area contributed by atoms with Crippen LogP contribution in [-0.2, 0) is 6.54 Å². The predicted octanol–water partition coefficient (Wildman–Crippen LogP) is 3.55. The molecule has 1 fully saturated rings. The van der Waals surface area contributed by atoms with Gasteiger partial charge in [-0.25, -0.2) is 0 Å². The molecule has 1 unspecified atom stereocenters. The smallest absolute Gasteiger partial charge is 0.244 e. The fourth-order valence-corrected chi connectivity index (χ4v) is 3.97. The number of benzene rings is 1. The van der Waals surface area contributed by atoms with Gasteiger partial charge in [-0.05, 0) is 36.1 Å². The average Bonchev–Trinajstić information content (AvgIpc) is 3.40. The van der Waals surface area contributed by atoms with Crippen LogP contribution >= 0.6 is 11.3 Å². The Morgan fingerprint density at radius 2 is 1.96 bits per heavy atom. The van der Waals surface area contributed by atoms with Crippen molar-refractivity contribution in [2.75, 3.05) is 26.2 Å². The largest absolute Gasteiger partial charge is 0.337 e. The van der Waals surface area contributed by atoms with Gasteiger partial charge in [-0.1, -0.05) is 23.4 Å². The summed E-state index contributed by atoms with van der Waals surface area (Å²) < 4.78 is 5.51. The Balaban J connectivity index is 1.32. The number of aromatic nitrogens is 2. The normalized spacial score (nSPS) is 16.9. The molecule has 0 N–H and O–H groups in total. The van der Waals surface area contributed by atoms with Gasteiger partial charge in [0.25, 0.3) is 0 Å². The van der Waals surface area contributed by atoms with Crippen LogP contribution in [0.3, 0.4) is 0 Å². The molecule has 7 heteroatoms. The van der Waals surface area contributed by atoms with Gasteiger partial charge >= 0.3 is 0 Å². The molecule has 27 heavy (non-hydrogen) atoms. The molecule has 0 radical (unpaired) electrons. The van der Waals surface area contributed by atoms with Gasteiger partial charge < -0.3 is 4.52 Å². The van der Waals surface area contributed by atoms with Crippen molar-refractivity contribution in [1.29, 1.82) is 5.26 Å². The summed E-state index contributed by atoms with van der Waals surface area (Å²) in [5, 5.41) is 15.0. The second-order valence-corrected chi connectivity index (χ2v) is 7.68. The zero-order valence-corrected chi connectivity index (χ0v) is 16.0. The average molecular weight is 379 g/mol. The molecular formula is C20H21N5OS. The topological polar surface area (TPSA) is 69.2 Å². The number of rotatable bonds is 5. The van der Waals surface area contributed by atoms with Crippen LogP contribution in [-0.4, -0.2) is 46.1 Å². The van der Waals surface area contributed by atoms with E-state index < -0.39 is 0 Å². The van der Waals surface area contributed by atoms with E-state index in [-0.39, 0.29) is 6.04 Å². The van der Waals surface area contributed by atoms with Crippen LogP contribution in [0.15, 0.2) is 46.3 Å². The maximum atomic E-state index is 8.90. The van der Waals surface area contributed by atoms with Crippen LogP contribution in [0, 0.1) is 11.3 Å². The highest BCUT2D eigenvalue weighted by Crippen LogP contribution is 2.26. The van der Waals surface area contributed by atoms with E-state index in [1.807, 2.05) is 41.8 Å². The standard InChI is InChI=1S/C20H21N5OS/c1-15(20-22-19(23-26-20)18-3-2-12-27-18)25-10-8-24(9-11-25)14-17-6-4-16(13-21)5-7-17/h2-7,12,15H,8-11,14H2,1H3. The van der Waals surface area contributed by atoms with Crippen molar-refractivity contribution in [2.24, 2.45) is 0 Å². The molecule has 1 aromatic carbocycles. The van der Waals surface area contributed by atoms with Crippen molar-refractivity contribution >= 4 is 11.3 Å². The molecule has 138 valence electrons. The van der Waals surface area contributed by atoms with Gasteiger partial charge in [0, 0.05) is 32.7 Å². The molecule has 2 aromatic heterocycles. The molecule has 0 aliphatic carbocycles. The highest BCUT2D eigenvalue weighted by Gasteiger charge is 2.26. The molecule has 4 rings (SSSR count). The Kier molecular flexibility index (Phi) is 5.30. The first kappa shape index (κ1) is 17.9. The zero-order chi connectivity index (χ0) is 18.6. The first-order valence-corrected chi connectivity index (χ1v) is 9.94. The summed E-state index contributed by atoms with van der Waals surface area (Å²) in [5.74, 6) is 1.35. The summed E-state index contributed by atoms with van der Waals surface area (Å²) in [6, 6.07) is 14.1. The Morgan fingerprint density at radius 3 is 2.63 bits per heavy atom. The lowest BCUT2D eigenvalue weighted by atomic mass is 10.1. The van der Waals surface area contributed by atoms with Crippen LogP contribution in [0.5, 0.6) is 0 Å². The lowest BCUT2D eigenvalue weighted by molar-refractivity contribution is 0.0845. The van der Waals surface area contributed by atoms with Gasteiger partial charge in [0.15, 0.2) is 0 Å². The second-order valence-electron chi connectivity index (χ2n) is 6.73. The molecule has 1 aliphatic rings. The zero-order valence-electron chi connectivity index (χ0n) is 15.2. The predicted molar refractivity (Wildman–Crippen MR) is 104 cm³/mol. The number of thiophene rings is 1. The van der Waals surface area contributed by atoms with Crippen molar-refractivity contribution in [3.05, 3.63) is 58.8 Å². The fraction of sp³-hybridized carbons (Fsp3) is 0.350. The second kappa shape index (κ2) is 8.01. The van der Waals surface area contributed by atoms with E-state index in [4.69, 9.17) is 9.78 Å². The summed E-state index contributed by atoms with van der Waals surface area (Å²) >= 11 is 1.62. The number of nitrogens with zero attached hydrogens (tertiary/aromatic N) is 5. The van der Waals surface area contributed by atoms with Gasteiger partial charge in [0.2, 0.25) is 11.7 Å². The van der Waals surface area contributed by atoms with Gasteiger partial charge in [-0.3, -0.25) is 9.80 Å². The first-order chi connectivity index (χ1) is 13.2. The van der Waals surface area contributed by atoms with Crippen molar-refractivity contribution in [3.63, 3.8) is 0 Å². The minimum atomic E-state index is 0.114. The van der Waals surface area contributed by atoms with Crippen molar-refractivity contribution in [1.82, 2.24) is 19.9 Å². The highest BCUT2D eigenvalue weighted by atomic mass is 32.1. The van der Waals surface area contributed by atoms with E-state index in [1.54, 1.807) is 11.3 Å². The summed E-state index contributed by atoms with van der Waals surface area (Å²) in [5.41, 5.74) is 1.95. The molecule has 3 aromatic rings. The van der Waals surface area contributed by atoms with Crippen molar-refractivity contribution in [3.8, 4) is 16.8 Å². The van der Waals surface area contributed by atoms with E-state index in [2.05, 4.69) is 32.9 Å². The lowest BCUT2D eigenvalue weighted by Crippen LogP contribution is -2.46. The van der Waals surface area contributed by atoms with E-state index in [9.17, 15) is 0 Å². The monoisotopic (exact) mass is 379 g/mol. The van der Waals surface area contributed by atoms with Crippen molar-refractivity contribution < 1.29 is 4.52 Å². The molecule has 0 amide bonds. The quantitative estimate of drug-likeness (QED) is 0.675. The molecule has 0 bridgehead atoms. The van der Waals surface area contributed by atoms with Crippen molar-refractivity contribution in [2.45, 2.75) is 19.5 Å². The Morgan fingerprint density at radius 1 is 1.19 bits per heavy atom. The van der Waals surface area contributed by atoms with E-state index in [0.717, 1.165) is 37.6 Å². The summed E-state index contributed by atoms with van der Waals surface area (Å²) in [7, 11) is 0. The molecular weight excluding hydrogens is 358 g/mol. The number of nitriles is 1. The van der Waals surface area contributed by atoms with Crippen LogP contribution in [0.25, 0.3) is 10.7 Å². The molecule has 1 atom stereocenters. The fourth-order valence-electron chi connectivity index (χ4n) is 3.32. The lowest BCUT2D eigenvalue weighted by Gasteiger charge is -2.36. The van der Waals surface area contributed by atoms with Gasteiger partial charge in [0.05, 0.1) is 22.6 Å². The molecule has 3 heterocycles. The number of hydrogen-bond donors (Lipinski definition) is 0. The van der Waals surface area contributed by atoms with Gasteiger partial charge in [-0.2, -0.15) is 10.2 Å². The summed E-state index contributed by atoms with van der Waals surface area (Å²) in [6.07, 6.45) is 0. The number of piperazine rings is 1. The first-order valence-electron chi connectivity index (χ1n) is 9.06. The minimum absolute atomic E-state index is 0.114. The Hall–Kier alpha value is -2.53. The van der Waals surface area contributed by atoms with Crippen LogP contribution in [0.4, 0.5) is 0 Å². The minimum Gasteiger partial charge on any atom is -0.337 e. The van der Waals surface area contributed by atoms with Crippen LogP contribution in [0.1, 0.15) is 30.0 Å². The van der Waals surface area contributed by atoms with E-state index in [0.29, 0.717) is 17.3 Å². The molecule has 0 saturated carbocycles. The Labute approximate surface area is 162 Å². The van der Waals surface area contributed by atoms with E-state index >= 15 is 0 Å². The molecule has 1 aliphatic heterocycles. The van der Waals surface area contributed by atoms with E-state index in [1.165, 1.54) is 5.56 Å². The third-order valence-electron chi connectivity index (χ3n) is 4.98. The summed E-state index contributed by atoms with van der Waals surface area (Å²) in [6.45, 7) is 6.97. The molecule has 1 saturated heterocycles. The third-order valence-corrected chi connectivity index (χ3v) is 5.85. The summed E-state index contributed by atoms with van der Waals surface area (Å²) in [4.78, 5) is 10.4. The molecule has 6 nitrogen and oxygen atoms in total. The van der Waals surface area contributed by atoms with Gasteiger partial charge in [0.1, 0.15) is 0 Å². The van der Waals surface area contributed by atoms with Crippen LogP contribution < -0.4 is 0 Å². The third kappa shape index (κ3) is 4.08. The highest BCUT2D eigenvalue weighted by molar-refractivity contribution is 7.13. The Bertz CT molecular complexity index is 905. The van der Waals surface area contributed by atoms with Crippen LogP contribution in [0.2, 0.25) is 0 Å². The SMILES string of the molecule is CC(c1nc(-c2cccs2)no1)N1CCN(Cc2ccc(C#N)cc2)CC1. The number of hydrogen-bond acceptors (Lipinski definition) is 7. The molecule has 0 spiro atoms.